The molecule has 27 heavy (non-hydrogen) atoms. The van der Waals surface area contributed by atoms with Gasteiger partial charge in [0, 0.05) is 31.9 Å². The van der Waals surface area contributed by atoms with Gasteiger partial charge < -0.3 is 15.3 Å². The van der Waals surface area contributed by atoms with E-state index in [-0.39, 0.29) is 10.7 Å². The fraction of sp³-hybridized carbons (Fsp3) is 0.412. The molecule has 2 fully saturated rings. The average Bonchev–Trinajstić information content (AvgIpc) is 3.02. The number of benzene rings is 1. The first-order valence-corrected chi connectivity index (χ1v) is 9.19. The molecule has 1 aromatic carbocycles. The summed E-state index contributed by atoms with van der Waals surface area (Å²) >= 11 is 0.654. The summed E-state index contributed by atoms with van der Waals surface area (Å²) in [5.74, 6) is -1.37. The number of hydrogen-bond donors (Lipinski definition) is 2. The highest BCUT2D eigenvalue weighted by Crippen LogP contribution is 2.50. The van der Waals surface area contributed by atoms with E-state index in [9.17, 15) is 28.3 Å². The number of hydrogen-bond acceptors (Lipinski definition) is 6. The van der Waals surface area contributed by atoms with Crippen LogP contribution in [0.25, 0.3) is 0 Å². The Hall–Kier alpha value is -2.22. The summed E-state index contributed by atoms with van der Waals surface area (Å²) in [6.45, 7) is 1.80. The minimum atomic E-state index is -4.98. The lowest BCUT2D eigenvalue weighted by atomic mass is 10.1. The van der Waals surface area contributed by atoms with Gasteiger partial charge in [0.05, 0.1) is 5.75 Å². The van der Waals surface area contributed by atoms with Crippen LogP contribution in [0.5, 0.6) is 0 Å². The Labute approximate surface area is 158 Å². The van der Waals surface area contributed by atoms with Gasteiger partial charge in [-0.25, -0.2) is 0 Å². The lowest BCUT2D eigenvalue weighted by Crippen LogP contribution is -2.57. The van der Waals surface area contributed by atoms with Gasteiger partial charge in [-0.05, 0) is 12.1 Å². The summed E-state index contributed by atoms with van der Waals surface area (Å²) in [7, 11) is 0. The lowest BCUT2D eigenvalue weighted by molar-refractivity contribution is -0.246. The first kappa shape index (κ1) is 19.5. The molecule has 6 nitrogen and oxygen atoms in total. The van der Waals surface area contributed by atoms with Gasteiger partial charge in [-0.1, -0.05) is 18.2 Å². The number of rotatable bonds is 2. The second-order valence-corrected chi connectivity index (χ2v) is 7.07. The first-order valence-electron chi connectivity index (χ1n) is 8.21. The van der Waals surface area contributed by atoms with Crippen molar-refractivity contribution in [3.63, 3.8) is 0 Å². The standard InChI is InChI=1S/C17H17F3N4O2S/c18-17(19,20)16(26)11-27-15(24(16)12-4-2-1-3-5-12)13(10-21)14(25)23-8-6-22-7-9-23/h1-5,22,26H,6-9,11H2/b15-13+. The van der Waals surface area contributed by atoms with Crippen molar-refractivity contribution in [1.82, 2.24) is 10.2 Å². The number of piperazine rings is 1. The van der Waals surface area contributed by atoms with Crippen molar-refractivity contribution < 1.29 is 23.1 Å². The molecule has 2 saturated heterocycles. The van der Waals surface area contributed by atoms with E-state index < -0.39 is 29.1 Å². The molecule has 0 spiro atoms. The Morgan fingerprint density at radius 3 is 2.44 bits per heavy atom. The Balaban J connectivity index is 2.10. The summed E-state index contributed by atoms with van der Waals surface area (Å²) in [4.78, 5) is 14.8. The van der Waals surface area contributed by atoms with Crippen LogP contribution >= 0.6 is 11.8 Å². The smallest absolute Gasteiger partial charge is 0.362 e. The SMILES string of the molecule is N#C/C(C(=O)N1CCNCC1)=C1\SCC(O)(C(F)(F)F)N1c1ccccc1. The maximum atomic E-state index is 13.7. The number of carbonyl (C=O) groups is 1. The summed E-state index contributed by atoms with van der Waals surface area (Å²) < 4.78 is 41.0. The maximum Gasteiger partial charge on any atom is 0.437 e. The van der Waals surface area contributed by atoms with Gasteiger partial charge in [0.15, 0.2) is 0 Å². The van der Waals surface area contributed by atoms with E-state index >= 15 is 0 Å². The van der Waals surface area contributed by atoms with Crippen LogP contribution < -0.4 is 10.2 Å². The van der Waals surface area contributed by atoms with Gasteiger partial charge in [-0.15, -0.1) is 11.8 Å². The molecular weight excluding hydrogens is 381 g/mol. The van der Waals surface area contributed by atoms with Gasteiger partial charge in [-0.2, -0.15) is 18.4 Å². The third-order valence-corrected chi connectivity index (χ3v) is 5.60. The Kier molecular flexibility index (Phi) is 5.37. The van der Waals surface area contributed by atoms with Crippen LogP contribution in [0.15, 0.2) is 40.9 Å². The Morgan fingerprint density at radius 2 is 1.89 bits per heavy atom. The summed E-state index contributed by atoms with van der Waals surface area (Å²) in [6.07, 6.45) is -4.98. The van der Waals surface area contributed by atoms with Crippen molar-refractivity contribution in [2.24, 2.45) is 0 Å². The summed E-state index contributed by atoms with van der Waals surface area (Å²) in [6, 6.07) is 9.22. The first-order chi connectivity index (χ1) is 12.8. The number of carbonyl (C=O) groups excluding carboxylic acids is 1. The molecule has 0 aromatic heterocycles. The molecule has 1 atom stereocenters. The van der Waals surface area contributed by atoms with E-state index in [0.717, 1.165) is 0 Å². The summed E-state index contributed by atoms with van der Waals surface area (Å²) in [5.41, 5.74) is -3.55. The number of aliphatic hydroxyl groups is 1. The molecule has 144 valence electrons. The number of nitriles is 1. The van der Waals surface area contributed by atoms with Crippen LogP contribution in [0.2, 0.25) is 0 Å². The van der Waals surface area contributed by atoms with Crippen molar-refractivity contribution in [3.05, 3.63) is 40.9 Å². The van der Waals surface area contributed by atoms with Crippen molar-refractivity contribution in [1.29, 1.82) is 5.26 Å². The number of thioether (sulfide) groups is 1. The molecule has 1 amide bonds. The van der Waals surface area contributed by atoms with Gasteiger partial charge in [0.25, 0.3) is 11.6 Å². The Bertz CT molecular complexity index is 788. The highest BCUT2D eigenvalue weighted by molar-refractivity contribution is 8.03. The maximum absolute atomic E-state index is 13.7. The van der Waals surface area contributed by atoms with Gasteiger partial charge in [-0.3, -0.25) is 9.69 Å². The molecule has 2 heterocycles. The molecule has 2 aliphatic heterocycles. The van der Waals surface area contributed by atoms with E-state index in [4.69, 9.17) is 0 Å². The highest BCUT2D eigenvalue weighted by Gasteiger charge is 2.63. The van der Waals surface area contributed by atoms with Gasteiger partial charge in [0.1, 0.15) is 16.7 Å². The Morgan fingerprint density at radius 1 is 1.26 bits per heavy atom. The lowest BCUT2D eigenvalue weighted by Gasteiger charge is -2.36. The molecule has 1 unspecified atom stereocenters. The summed E-state index contributed by atoms with van der Waals surface area (Å²) in [5, 5.41) is 22.9. The number of nitrogens with zero attached hydrogens (tertiary/aromatic N) is 3. The van der Waals surface area contributed by atoms with Crippen LogP contribution in [0.1, 0.15) is 0 Å². The zero-order valence-electron chi connectivity index (χ0n) is 14.2. The van der Waals surface area contributed by atoms with Crippen molar-refractivity contribution in [3.8, 4) is 6.07 Å². The molecule has 2 aliphatic rings. The van der Waals surface area contributed by atoms with E-state index in [0.29, 0.717) is 42.8 Å². The number of anilines is 1. The largest absolute Gasteiger partial charge is 0.437 e. The minimum absolute atomic E-state index is 0.0539. The van der Waals surface area contributed by atoms with Crippen LogP contribution in [-0.2, 0) is 4.79 Å². The van der Waals surface area contributed by atoms with Crippen molar-refractivity contribution >= 4 is 23.4 Å². The zero-order valence-corrected chi connectivity index (χ0v) is 15.0. The van der Waals surface area contributed by atoms with Gasteiger partial charge >= 0.3 is 6.18 Å². The van der Waals surface area contributed by atoms with Crippen molar-refractivity contribution in [2.75, 3.05) is 36.8 Å². The number of halogens is 3. The molecular formula is C17H17F3N4O2S. The second kappa shape index (κ2) is 7.42. The van der Waals surface area contributed by atoms with Crippen LogP contribution in [0.3, 0.4) is 0 Å². The quantitative estimate of drug-likeness (QED) is 0.583. The predicted octanol–water partition coefficient (Wildman–Crippen LogP) is 1.66. The third kappa shape index (κ3) is 3.50. The third-order valence-electron chi connectivity index (χ3n) is 4.40. The predicted molar refractivity (Wildman–Crippen MR) is 94.5 cm³/mol. The molecule has 1 aromatic rings. The van der Waals surface area contributed by atoms with Gasteiger partial charge in [0.2, 0.25) is 0 Å². The second-order valence-electron chi connectivity index (χ2n) is 6.11. The molecule has 10 heteroatoms. The molecule has 0 aliphatic carbocycles. The molecule has 3 rings (SSSR count). The molecule has 0 radical (unpaired) electrons. The number of para-hydroxylation sites is 1. The number of alkyl halides is 3. The van der Waals surface area contributed by atoms with E-state index in [2.05, 4.69) is 5.32 Å². The highest BCUT2D eigenvalue weighted by atomic mass is 32.2. The monoisotopic (exact) mass is 398 g/mol. The topological polar surface area (TPSA) is 79.6 Å². The van der Waals surface area contributed by atoms with E-state index in [1.807, 2.05) is 0 Å². The number of nitrogens with one attached hydrogen (secondary N) is 1. The zero-order chi connectivity index (χ0) is 19.7. The van der Waals surface area contributed by atoms with Crippen LogP contribution in [-0.4, -0.2) is 59.7 Å². The van der Waals surface area contributed by atoms with Crippen LogP contribution in [0, 0.1) is 11.3 Å². The number of amides is 1. The van der Waals surface area contributed by atoms with E-state index in [1.54, 1.807) is 12.1 Å². The normalized spacial score (nSPS) is 25.3. The average molecular weight is 398 g/mol. The fourth-order valence-electron chi connectivity index (χ4n) is 2.98. The molecule has 0 bridgehead atoms. The minimum Gasteiger partial charge on any atom is -0.362 e. The van der Waals surface area contributed by atoms with Crippen molar-refractivity contribution in [2.45, 2.75) is 11.9 Å². The van der Waals surface area contributed by atoms with Crippen LogP contribution in [0.4, 0.5) is 18.9 Å². The fourth-order valence-corrected chi connectivity index (χ4v) is 4.27. The van der Waals surface area contributed by atoms with E-state index in [1.165, 1.54) is 29.2 Å². The molecule has 2 N–H and O–H groups in total. The molecule has 0 saturated carbocycles.